The number of rotatable bonds is 5. The molecule has 2 rings (SSSR count). The second-order valence-corrected chi connectivity index (χ2v) is 4.60. The van der Waals surface area contributed by atoms with E-state index in [9.17, 15) is 4.79 Å². The summed E-state index contributed by atoms with van der Waals surface area (Å²) in [5, 5.41) is 4.12. The van der Waals surface area contributed by atoms with E-state index in [4.69, 9.17) is 9.47 Å². The van der Waals surface area contributed by atoms with Gasteiger partial charge in [0.15, 0.2) is 0 Å². The molecule has 0 heterocycles. The molecule has 0 aliphatic carbocycles. The fourth-order valence-corrected chi connectivity index (χ4v) is 1.85. The van der Waals surface area contributed by atoms with Crippen LogP contribution in [-0.2, 0) is 0 Å². The van der Waals surface area contributed by atoms with E-state index in [0.29, 0.717) is 17.0 Å². The molecule has 0 aromatic heterocycles. The van der Waals surface area contributed by atoms with Crippen LogP contribution < -0.4 is 14.9 Å². The molecule has 0 spiro atoms. The number of benzene rings is 2. The molecule has 0 bridgehead atoms. The van der Waals surface area contributed by atoms with Crippen molar-refractivity contribution in [3.63, 3.8) is 0 Å². The molecule has 5 heteroatoms. The van der Waals surface area contributed by atoms with Crippen molar-refractivity contribution in [3.05, 3.63) is 59.7 Å². The predicted octanol–water partition coefficient (Wildman–Crippen LogP) is 2.86. The van der Waals surface area contributed by atoms with Crippen LogP contribution in [-0.4, -0.2) is 25.8 Å². The van der Waals surface area contributed by atoms with Gasteiger partial charge in [0, 0.05) is 11.1 Å². The van der Waals surface area contributed by atoms with Gasteiger partial charge in [-0.2, -0.15) is 5.10 Å². The molecule has 0 aliphatic heterocycles. The van der Waals surface area contributed by atoms with Crippen LogP contribution in [0.15, 0.2) is 53.6 Å². The summed E-state index contributed by atoms with van der Waals surface area (Å²) in [6.07, 6.45) is 0. The zero-order valence-electron chi connectivity index (χ0n) is 12.8. The van der Waals surface area contributed by atoms with E-state index in [0.717, 1.165) is 11.3 Å². The molecule has 1 amide bonds. The van der Waals surface area contributed by atoms with E-state index in [1.807, 2.05) is 31.2 Å². The lowest BCUT2D eigenvalue weighted by Crippen LogP contribution is -2.19. The van der Waals surface area contributed by atoms with Crippen molar-refractivity contribution in [3.8, 4) is 11.5 Å². The van der Waals surface area contributed by atoms with Crippen LogP contribution in [0.3, 0.4) is 0 Å². The Morgan fingerprint density at radius 3 is 2.27 bits per heavy atom. The number of ether oxygens (including phenoxy) is 2. The van der Waals surface area contributed by atoms with Gasteiger partial charge in [0.1, 0.15) is 11.5 Å². The van der Waals surface area contributed by atoms with Crippen LogP contribution in [0.1, 0.15) is 22.8 Å². The highest BCUT2D eigenvalue weighted by atomic mass is 16.5. The van der Waals surface area contributed by atoms with Crippen LogP contribution in [0.5, 0.6) is 11.5 Å². The van der Waals surface area contributed by atoms with Crippen LogP contribution in [0.25, 0.3) is 0 Å². The summed E-state index contributed by atoms with van der Waals surface area (Å²) in [7, 11) is 3.19. The van der Waals surface area contributed by atoms with Crippen LogP contribution in [0, 0.1) is 0 Å². The Hall–Kier alpha value is -2.82. The molecule has 22 heavy (non-hydrogen) atoms. The molecule has 2 aromatic carbocycles. The smallest absolute Gasteiger partial charge is 0.271 e. The van der Waals surface area contributed by atoms with Crippen LogP contribution in [0.4, 0.5) is 0 Å². The van der Waals surface area contributed by atoms with Gasteiger partial charge < -0.3 is 9.47 Å². The summed E-state index contributed by atoms with van der Waals surface area (Å²) in [4.78, 5) is 12.0. The first-order chi connectivity index (χ1) is 10.6. The van der Waals surface area contributed by atoms with Crippen molar-refractivity contribution in [1.29, 1.82) is 0 Å². The van der Waals surface area contributed by atoms with Gasteiger partial charge in [0.2, 0.25) is 0 Å². The largest absolute Gasteiger partial charge is 0.497 e. The molecule has 0 aliphatic rings. The normalized spacial score (nSPS) is 11.0. The number of nitrogens with zero attached hydrogens (tertiary/aromatic N) is 1. The van der Waals surface area contributed by atoms with Crippen LogP contribution >= 0.6 is 0 Å². The Bertz CT molecular complexity index is 679. The highest BCUT2D eigenvalue weighted by Crippen LogP contribution is 2.13. The number of hydrogen-bond donors (Lipinski definition) is 1. The minimum absolute atomic E-state index is 0.273. The average molecular weight is 298 g/mol. The summed E-state index contributed by atoms with van der Waals surface area (Å²) >= 11 is 0. The molecule has 2 aromatic rings. The summed E-state index contributed by atoms with van der Waals surface area (Å²) in [6.45, 7) is 1.82. The van der Waals surface area contributed by atoms with Crippen molar-refractivity contribution >= 4 is 11.6 Å². The lowest BCUT2D eigenvalue weighted by Gasteiger charge is -2.05. The van der Waals surface area contributed by atoms with Crippen molar-refractivity contribution in [1.82, 2.24) is 5.43 Å². The number of amides is 1. The van der Waals surface area contributed by atoms with Crippen molar-refractivity contribution in [2.75, 3.05) is 14.2 Å². The standard InChI is InChI=1S/C17H18N2O3/c1-12(14-5-4-6-16(11-14)22-3)18-19-17(20)13-7-9-15(21-2)10-8-13/h4-11H,1-3H3,(H,19,20). The first-order valence-corrected chi connectivity index (χ1v) is 6.77. The van der Waals surface area contributed by atoms with Crippen molar-refractivity contribution in [2.24, 2.45) is 5.10 Å². The van der Waals surface area contributed by atoms with E-state index in [-0.39, 0.29) is 5.91 Å². The maximum atomic E-state index is 12.0. The molecule has 0 atom stereocenters. The van der Waals surface area contributed by atoms with E-state index in [2.05, 4.69) is 10.5 Å². The highest BCUT2D eigenvalue weighted by Gasteiger charge is 2.05. The van der Waals surface area contributed by atoms with Gasteiger partial charge in [-0.1, -0.05) is 12.1 Å². The molecule has 0 saturated carbocycles. The zero-order chi connectivity index (χ0) is 15.9. The molecule has 114 valence electrons. The fraction of sp³-hybridized carbons (Fsp3) is 0.176. The maximum absolute atomic E-state index is 12.0. The summed E-state index contributed by atoms with van der Waals surface area (Å²) in [5.41, 5.74) is 4.64. The van der Waals surface area contributed by atoms with Gasteiger partial charge in [-0.25, -0.2) is 5.43 Å². The molecular formula is C17H18N2O3. The first-order valence-electron chi connectivity index (χ1n) is 6.77. The lowest BCUT2D eigenvalue weighted by atomic mass is 10.1. The lowest BCUT2D eigenvalue weighted by molar-refractivity contribution is 0.0955. The summed E-state index contributed by atoms with van der Waals surface area (Å²) in [5.74, 6) is 1.17. The van der Waals surface area contributed by atoms with Crippen molar-refractivity contribution in [2.45, 2.75) is 6.92 Å². The fourth-order valence-electron chi connectivity index (χ4n) is 1.85. The molecular weight excluding hydrogens is 280 g/mol. The monoisotopic (exact) mass is 298 g/mol. The summed E-state index contributed by atoms with van der Waals surface area (Å²) < 4.78 is 10.2. The number of hydrazone groups is 1. The SMILES string of the molecule is COc1ccc(C(=O)NN=C(C)c2cccc(OC)c2)cc1. The van der Waals surface area contributed by atoms with Crippen LogP contribution in [0.2, 0.25) is 0 Å². The quantitative estimate of drug-likeness (QED) is 0.682. The van der Waals surface area contributed by atoms with Gasteiger partial charge >= 0.3 is 0 Å². The average Bonchev–Trinajstić information content (AvgIpc) is 2.59. The Kier molecular flexibility index (Phi) is 5.14. The topological polar surface area (TPSA) is 59.9 Å². The molecule has 1 N–H and O–H groups in total. The molecule has 5 nitrogen and oxygen atoms in total. The highest BCUT2D eigenvalue weighted by molar-refractivity contribution is 6.01. The number of carbonyl (C=O) groups is 1. The third-order valence-corrected chi connectivity index (χ3v) is 3.16. The minimum atomic E-state index is -0.273. The molecule has 0 saturated heterocycles. The van der Waals surface area contributed by atoms with Gasteiger partial charge in [-0.3, -0.25) is 4.79 Å². The number of carbonyl (C=O) groups excluding carboxylic acids is 1. The maximum Gasteiger partial charge on any atom is 0.271 e. The van der Waals surface area contributed by atoms with E-state index < -0.39 is 0 Å². The molecule has 0 radical (unpaired) electrons. The van der Waals surface area contributed by atoms with E-state index >= 15 is 0 Å². The number of hydrogen-bond acceptors (Lipinski definition) is 4. The van der Waals surface area contributed by atoms with E-state index in [1.54, 1.807) is 38.5 Å². The minimum Gasteiger partial charge on any atom is -0.497 e. The molecule has 0 unspecified atom stereocenters. The Balaban J connectivity index is 2.07. The van der Waals surface area contributed by atoms with Gasteiger partial charge in [-0.15, -0.1) is 0 Å². The Morgan fingerprint density at radius 1 is 0.955 bits per heavy atom. The second kappa shape index (κ2) is 7.26. The van der Waals surface area contributed by atoms with Gasteiger partial charge in [-0.05, 0) is 43.3 Å². The Labute approximate surface area is 129 Å². The van der Waals surface area contributed by atoms with E-state index in [1.165, 1.54) is 0 Å². The third-order valence-electron chi connectivity index (χ3n) is 3.16. The Morgan fingerprint density at radius 2 is 1.64 bits per heavy atom. The summed E-state index contributed by atoms with van der Waals surface area (Å²) in [6, 6.07) is 14.3. The van der Waals surface area contributed by atoms with Gasteiger partial charge in [0.25, 0.3) is 5.91 Å². The number of methoxy groups -OCH3 is 2. The van der Waals surface area contributed by atoms with Gasteiger partial charge in [0.05, 0.1) is 19.9 Å². The number of nitrogens with one attached hydrogen (secondary N) is 1. The zero-order valence-corrected chi connectivity index (χ0v) is 12.8. The predicted molar refractivity (Wildman–Crippen MR) is 85.7 cm³/mol. The second-order valence-electron chi connectivity index (χ2n) is 4.60. The first kappa shape index (κ1) is 15.6. The third kappa shape index (κ3) is 3.85. The van der Waals surface area contributed by atoms with Crippen molar-refractivity contribution < 1.29 is 14.3 Å². The molecule has 0 fully saturated rings.